The minimum atomic E-state index is 0.410. The van der Waals surface area contributed by atoms with Crippen molar-refractivity contribution in [1.29, 1.82) is 0 Å². The van der Waals surface area contributed by atoms with Crippen LogP contribution in [0.15, 0.2) is 35.3 Å². The second-order valence-corrected chi connectivity index (χ2v) is 5.88. The Hall–Kier alpha value is -1.55. The highest BCUT2D eigenvalue weighted by Gasteiger charge is 2.08. The molecule has 4 heteroatoms. The second kappa shape index (κ2) is 11.1. The molecule has 2 N–H and O–H groups in total. The molecule has 0 fully saturated rings. The molecule has 0 aliphatic carbocycles. The van der Waals surface area contributed by atoms with E-state index >= 15 is 0 Å². The van der Waals surface area contributed by atoms with Gasteiger partial charge in [0.25, 0.3) is 0 Å². The fourth-order valence-electron chi connectivity index (χ4n) is 1.89. The van der Waals surface area contributed by atoms with Crippen molar-refractivity contribution in [2.45, 2.75) is 39.7 Å². The topological polar surface area (TPSA) is 45.7 Å². The van der Waals surface area contributed by atoms with E-state index in [1.54, 1.807) is 7.05 Å². The van der Waals surface area contributed by atoms with Crippen LogP contribution in [0.1, 0.15) is 32.8 Å². The van der Waals surface area contributed by atoms with Crippen LogP contribution in [-0.4, -0.2) is 38.8 Å². The zero-order valence-electron chi connectivity index (χ0n) is 14.4. The highest BCUT2D eigenvalue weighted by molar-refractivity contribution is 5.79. The van der Waals surface area contributed by atoms with Crippen molar-refractivity contribution < 1.29 is 4.74 Å². The molecule has 124 valence electrons. The lowest BCUT2D eigenvalue weighted by Crippen LogP contribution is -2.44. The average Bonchev–Trinajstić information content (AvgIpc) is 2.53. The van der Waals surface area contributed by atoms with Gasteiger partial charge in [-0.25, -0.2) is 0 Å². The maximum Gasteiger partial charge on any atom is 0.191 e. The molecule has 1 rings (SSSR count). The van der Waals surface area contributed by atoms with Gasteiger partial charge in [-0.15, -0.1) is 0 Å². The Morgan fingerprint density at radius 2 is 1.86 bits per heavy atom. The maximum absolute atomic E-state index is 5.67. The van der Waals surface area contributed by atoms with Gasteiger partial charge in [0.15, 0.2) is 5.96 Å². The average molecular weight is 305 g/mol. The maximum atomic E-state index is 5.67. The molecule has 0 spiro atoms. The van der Waals surface area contributed by atoms with Gasteiger partial charge in [0.2, 0.25) is 0 Å². The summed E-state index contributed by atoms with van der Waals surface area (Å²) in [7, 11) is 1.80. The molecule has 0 radical (unpaired) electrons. The Kier molecular flexibility index (Phi) is 9.31. The van der Waals surface area contributed by atoms with E-state index in [1.165, 1.54) is 5.56 Å². The molecule has 0 saturated carbocycles. The largest absolute Gasteiger partial charge is 0.381 e. The van der Waals surface area contributed by atoms with Crippen LogP contribution in [0.5, 0.6) is 0 Å². The highest BCUT2D eigenvalue weighted by Crippen LogP contribution is 2.00. The third-order valence-electron chi connectivity index (χ3n) is 3.72. The fraction of sp³-hybridized carbons (Fsp3) is 0.611. The van der Waals surface area contributed by atoms with Gasteiger partial charge < -0.3 is 15.4 Å². The first-order valence-corrected chi connectivity index (χ1v) is 8.22. The van der Waals surface area contributed by atoms with Gasteiger partial charge >= 0.3 is 0 Å². The summed E-state index contributed by atoms with van der Waals surface area (Å²) in [6.07, 6.45) is 1.95. The number of ether oxygens (including phenoxy) is 1. The summed E-state index contributed by atoms with van der Waals surface area (Å²) in [5.74, 6) is 1.45. The summed E-state index contributed by atoms with van der Waals surface area (Å²) < 4.78 is 5.67. The van der Waals surface area contributed by atoms with Crippen LogP contribution in [0.25, 0.3) is 0 Å². The van der Waals surface area contributed by atoms with Gasteiger partial charge in [-0.05, 0) is 31.2 Å². The van der Waals surface area contributed by atoms with Gasteiger partial charge in [0, 0.05) is 26.2 Å². The zero-order chi connectivity index (χ0) is 16.2. The Bertz CT molecular complexity index is 418. The molecule has 4 nitrogen and oxygen atoms in total. The molecular formula is C18H31N3O. The van der Waals surface area contributed by atoms with Crippen molar-refractivity contribution >= 4 is 5.96 Å². The lowest BCUT2D eigenvalue weighted by molar-refractivity contribution is 0.135. The number of hydrogen-bond donors (Lipinski definition) is 2. The molecule has 0 heterocycles. The number of rotatable bonds is 9. The second-order valence-electron chi connectivity index (χ2n) is 5.88. The Labute approximate surface area is 135 Å². The van der Waals surface area contributed by atoms with Crippen LogP contribution in [0.2, 0.25) is 0 Å². The third-order valence-corrected chi connectivity index (χ3v) is 3.72. The van der Waals surface area contributed by atoms with E-state index in [0.29, 0.717) is 12.0 Å². The van der Waals surface area contributed by atoms with Crippen molar-refractivity contribution in [3.05, 3.63) is 35.9 Å². The first-order valence-electron chi connectivity index (χ1n) is 8.22. The molecule has 1 aromatic carbocycles. The quantitative estimate of drug-likeness (QED) is 0.419. The van der Waals surface area contributed by atoms with Gasteiger partial charge in [-0.2, -0.15) is 0 Å². The van der Waals surface area contributed by atoms with E-state index in [9.17, 15) is 0 Å². The van der Waals surface area contributed by atoms with Gasteiger partial charge in [-0.3, -0.25) is 4.99 Å². The molecule has 0 bridgehead atoms. The molecule has 1 aromatic rings. The monoisotopic (exact) mass is 305 g/mol. The Morgan fingerprint density at radius 3 is 2.50 bits per heavy atom. The Morgan fingerprint density at radius 1 is 1.14 bits per heavy atom. The van der Waals surface area contributed by atoms with Crippen LogP contribution >= 0.6 is 0 Å². The van der Waals surface area contributed by atoms with E-state index in [-0.39, 0.29) is 0 Å². The van der Waals surface area contributed by atoms with Crippen molar-refractivity contribution in [2.24, 2.45) is 10.9 Å². The third kappa shape index (κ3) is 8.03. The van der Waals surface area contributed by atoms with E-state index in [2.05, 4.69) is 60.7 Å². The molecule has 1 atom stereocenters. The summed E-state index contributed by atoms with van der Waals surface area (Å²) in [4.78, 5) is 4.24. The van der Waals surface area contributed by atoms with Crippen molar-refractivity contribution in [1.82, 2.24) is 10.6 Å². The number of nitrogens with zero attached hydrogens (tertiary/aromatic N) is 1. The van der Waals surface area contributed by atoms with Crippen LogP contribution < -0.4 is 10.6 Å². The van der Waals surface area contributed by atoms with Gasteiger partial charge in [-0.1, -0.05) is 44.2 Å². The van der Waals surface area contributed by atoms with E-state index < -0.39 is 0 Å². The molecule has 0 aromatic heterocycles. The lowest BCUT2D eigenvalue weighted by Gasteiger charge is -2.20. The molecular weight excluding hydrogens is 274 g/mol. The summed E-state index contributed by atoms with van der Waals surface area (Å²) in [5.41, 5.74) is 1.33. The van der Waals surface area contributed by atoms with Crippen molar-refractivity contribution in [2.75, 3.05) is 26.8 Å². The SMILES string of the molecule is CN=C(NCCCOCCc1ccccc1)NC(C)C(C)C. The van der Waals surface area contributed by atoms with Gasteiger partial charge in [0.05, 0.1) is 6.61 Å². The molecule has 22 heavy (non-hydrogen) atoms. The van der Waals surface area contributed by atoms with Crippen molar-refractivity contribution in [3.63, 3.8) is 0 Å². The number of aliphatic imine (C=N–C) groups is 1. The highest BCUT2D eigenvalue weighted by atomic mass is 16.5. The predicted octanol–water partition coefficient (Wildman–Crippen LogP) is 2.85. The number of hydrogen-bond acceptors (Lipinski definition) is 2. The molecule has 0 amide bonds. The normalized spacial score (nSPS) is 13.2. The molecule has 1 unspecified atom stereocenters. The first kappa shape index (κ1) is 18.5. The van der Waals surface area contributed by atoms with Crippen LogP contribution in [-0.2, 0) is 11.2 Å². The van der Waals surface area contributed by atoms with Crippen LogP contribution in [0, 0.1) is 5.92 Å². The minimum absolute atomic E-state index is 0.410. The summed E-state index contributed by atoms with van der Waals surface area (Å²) in [6, 6.07) is 10.9. The number of nitrogens with one attached hydrogen (secondary N) is 2. The minimum Gasteiger partial charge on any atom is -0.381 e. The van der Waals surface area contributed by atoms with Crippen molar-refractivity contribution in [3.8, 4) is 0 Å². The molecule has 0 aliphatic heterocycles. The molecule has 0 saturated heterocycles. The van der Waals surface area contributed by atoms with E-state index in [0.717, 1.165) is 38.6 Å². The standard InChI is InChI=1S/C18H31N3O/c1-15(2)16(3)21-18(19-4)20-12-8-13-22-14-11-17-9-6-5-7-10-17/h5-7,9-10,15-16H,8,11-14H2,1-4H3,(H2,19,20,21). The van der Waals surface area contributed by atoms with E-state index in [1.807, 2.05) is 6.07 Å². The predicted molar refractivity (Wildman–Crippen MR) is 94.4 cm³/mol. The van der Waals surface area contributed by atoms with Crippen LogP contribution in [0.3, 0.4) is 0 Å². The smallest absolute Gasteiger partial charge is 0.191 e. The fourth-order valence-corrected chi connectivity index (χ4v) is 1.89. The number of guanidine groups is 1. The number of benzene rings is 1. The first-order chi connectivity index (χ1) is 10.6. The summed E-state index contributed by atoms with van der Waals surface area (Å²) >= 11 is 0. The van der Waals surface area contributed by atoms with Crippen LogP contribution in [0.4, 0.5) is 0 Å². The molecule has 0 aliphatic rings. The van der Waals surface area contributed by atoms with E-state index in [4.69, 9.17) is 4.74 Å². The Balaban J connectivity index is 2.04. The summed E-state index contributed by atoms with van der Waals surface area (Å²) in [5, 5.41) is 6.71. The zero-order valence-corrected chi connectivity index (χ0v) is 14.4. The summed E-state index contributed by atoms with van der Waals surface area (Å²) in [6.45, 7) is 9.00. The lowest BCUT2D eigenvalue weighted by atomic mass is 10.1. The van der Waals surface area contributed by atoms with Gasteiger partial charge in [0.1, 0.15) is 0 Å².